The first-order chi connectivity index (χ1) is 9.77. The first kappa shape index (κ1) is 14.6. The molecule has 0 bridgehead atoms. The van der Waals surface area contributed by atoms with Gasteiger partial charge < -0.3 is 5.32 Å². The van der Waals surface area contributed by atoms with E-state index in [4.69, 9.17) is 0 Å². The molecular weight excluding hydrogens is 264 g/mol. The second-order valence-electron chi connectivity index (χ2n) is 6.78. The zero-order chi connectivity index (χ0) is 13.8. The summed E-state index contributed by atoms with van der Waals surface area (Å²) in [6, 6.07) is 2.96. The molecule has 3 heteroatoms. The molecule has 2 fully saturated rings. The van der Waals surface area contributed by atoms with Crippen molar-refractivity contribution in [3.8, 4) is 0 Å². The van der Waals surface area contributed by atoms with Gasteiger partial charge in [-0.25, -0.2) is 0 Å². The lowest BCUT2D eigenvalue weighted by Gasteiger charge is -2.41. The molecule has 1 spiro atoms. The quantitative estimate of drug-likeness (QED) is 0.914. The van der Waals surface area contributed by atoms with Gasteiger partial charge in [-0.2, -0.15) is 11.3 Å². The molecule has 1 N–H and O–H groups in total. The molecule has 1 aliphatic heterocycles. The molecule has 1 unspecified atom stereocenters. The summed E-state index contributed by atoms with van der Waals surface area (Å²) in [5.41, 5.74) is 1.94. The van der Waals surface area contributed by atoms with E-state index in [1.807, 2.05) is 11.3 Å². The van der Waals surface area contributed by atoms with E-state index in [-0.39, 0.29) is 0 Å². The monoisotopic (exact) mass is 292 g/mol. The average Bonchev–Trinajstić information content (AvgIpc) is 2.88. The van der Waals surface area contributed by atoms with Crippen LogP contribution >= 0.6 is 11.3 Å². The number of hydrogen-bond acceptors (Lipinski definition) is 3. The molecule has 1 aromatic heterocycles. The summed E-state index contributed by atoms with van der Waals surface area (Å²) in [6.07, 6.45) is 9.55. The maximum Gasteiger partial charge on any atom is 0.0308 e. The molecule has 2 heterocycles. The third-order valence-electron chi connectivity index (χ3n) is 5.17. The van der Waals surface area contributed by atoms with E-state index < -0.39 is 0 Å². The van der Waals surface area contributed by atoms with Crippen molar-refractivity contribution in [1.29, 1.82) is 0 Å². The Morgan fingerprint density at radius 2 is 2.15 bits per heavy atom. The molecule has 0 amide bonds. The van der Waals surface area contributed by atoms with Crippen LogP contribution in [0.25, 0.3) is 0 Å². The molecule has 0 aromatic carbocycles. The molecule has 3 rings (SSSR count). The van der Waals surface area contributed by atoms with Gasteiger partial charge in [0, 0.05) is 18.1 Å². The van der Waals surface area contributed by atoms with Crippen molar-refractivity contribution in [3.05, 3.63) is 22.4 Å². The largest absolute Gasteiger partial charge is 0.310 e. The Kier molecular flexibility index (Phi) is 4.79. The average molecular weight is 292 g/mol. The van der Waals surface area contributed by atoms with E-state index in [0.717, 1.165) is 0 Å². The topological polar surface area (TPSA) is 15.3 Å². The van der Waals surface area contributed by atoms with Crippen LogP contribution in [0.5, 0.6) is 0 Å². The van der Waals surface area contributed by atoms with E-state index in [0.29, 0.717) is 11.6 Å². The number of nitrogens with one attached hydrogen (secondary N) is 1. The van der Waals surface area contributed by atoms with Crippen molar-refractivity contribution in [3.63, 3.8) is 0 Å². The van der Waals surface area contributed by atoms with Crippen LogP contribution in [-0.4, -0.2) is 36.1 Å². The van der Waals surface area contributed by atoms with Crippen LogP contribution in [0.1, 0.15) is 51.0 Å². The van der Waals surface area contributed by atoms with Gasteiger partial charge in [-0.05, 0) is 68.1 Å². The normalized spacial score (nSPS) is 25.4. The zero-order valence-corrected chi connectivity index (χ0v) is 13.6. The summed E-state index contributed by atoms with van der Waals surface area (Å²) in [7, 11) is 0. The van der Waals surface area contributed by atoms with Crippen molar-refractivity contribution in [1.82, 2.24) is 10.2 Å². The maximum atomic E-state index is 3.90. The highest BCUT2D eigenvalue weighted by Crippen LogP contribution is 2.31. The number of rotatable bonds is 3. The molecule has 1 aliphatic carbocycles. The van der Waals surface area contributed by atoms with Crippen LogP contribution < -0.4 is 5.32 Å². The maximum absolute atomic E-state index is 3.90. The summed E-state index contributed by atoms with van der Waals surface area (Å²) in [4.78, 5) is 2.75. The van der Waals surface area contributed by atoms with E-state index >= 15 is 0 Å². The zero-order valence-electron chi connectivity index (χ0n) is 12.7. The van der Waals surface area contributed by atoms with Gasteiger partial charge in [-0.3, -0.25) is 4.90 Å². The van der Waals surface area contributed by atoms with Crippen molar-refractivity contribution in [2.24, 2.45) is 0 Å². The highest BCUT2D eigenvalue weighted by atomic mass is 32.1. The Bertz CT molecular complexity index is 395. The number of hydrogen-bond donors (Lipinski definition) is 1. The molecule has 1 saturated heterocycles. The predicted octanol–water partition coefficient (Wildman–Crippen LogP) is 3.68. The summed E-state index contributed by atoms with van der Waals surface area (Å²) in [5.74, 6) is 0. The lowest BCUT2D eigenvalue weighted by atomic mass is 9.81. The van der Waals surface area contributed by atoms with E-state index in [2.05, 4.69) is 34.0 Å². The third-order valence-corrected chi connectivity index (χ3v) is 5.91. The van der Waals surface area contributed by atoms with Crippen LogP contribution in [0.4, 0.5) is 0 Å². The molecule has 20 heavy (non-hydrogen) atoms. The SMILES string of the molecule is CC(Cc1ccsc1)N1CCCNC2(CCCCC2)C1. The molecule has 2 aliphatic rings. The summed E-state index contributed by atoms with van der Waals surface area (Å²) >= 11 is 1.82. The van der Waals surface area contributed by atoms with Gasteiger partial charge in [-0.15, -0.1) is 0 Å². The molecule has 1 aromatic rings. The molecule has 112 valence electrons. The van der Waals surface area contributed by atoms with Crippen molar-refractivity contribution in [2.75, 3.05) is 19.6 Å². The smallest absolute Gasteiger partial charge is 0.0308 e. The molecular formula is C17H28N2S. The fourth-order valence-corrected chi connectivity index (χ4v) is 4.66. The Labute approximate surface area is 127 Å². The lowest BCUT2D eigenvalue weighted by molar-refractivity contribution is 0.133. The highest BCUT2D eigenvalue weighted by Gasteiger charge is 2.35. The van der Waals surface area contributed by atoms with Gasteiger partial charge in [0.15, 0.2) is 0 Å². The lowest BCUT2D eigenvalue weighted by Crippen LogP contribution is -2.54. The predicted molar refractivity (Wildman–Crippen MR) is 87.5 cm³/mol. The van der Waals surface area contributed by atoms with Crippen molar-refractivity contribution < 1.29 is 0 Å². The fourth-order valence-electron chi connectivity index (χ4n) is 3.98. The van der Waals surface area contributed by atoms with Gasteiger partial charge in [0.25, 0.3) is 0 Å². The minimum absolute atomic E-state index is 0.428. The molecule has 1 atom stereocenters. The molecule has 2 nitrogen and oxygen atoms in total. The van der Waals surface area contributed by atoms with Gasteiger partial charge in [0.1, 0.15) is 0 Å². The second kappa shape index (κ2) is 6.59. The Balaban J connectivity index is 1.65. The van der Waals surface area contributed by atoms with Crippen LogP contribution in [-0.2, 0) is 6.42 Å². The summed E-state index contributed by atoms with van der Waals surface area (Å²) in [5, 5.41) is 8.41. The van der Waals surface area contributed by atoms with Crippen LogP contribution in [0.3, 0.4) is 0 Å². The summed E-state index contributed by atoms with van der Waals surface area (Å²) < 4.78 is 0. The summed E-state index contributed by atoms with van der Waals surface area (Å²) in [6.45, 7) is 6.15. The second-order valence-corrected chi connectivity index (χ2v) is 7.56. The Morgan fingerprint density at radius 1 is 1.30 bits per heavy atom. The van der Waals surface area contributed by atoms with Crippen LogP contribution in [0, 0.1) is 0 Å². The number of thiophene rings is 1. The van der Waals surface area contributed by atoms with Gasteiger partial charge in [0.2, 0.25) is 0 Å². The standard InChI is InChI=1S/C17H28N2S/c1-15(12-16-6-11-20-13-16)19-10-5-9-18-17(14-19)7-3-2-4-8-17/h6,11,13,15,18H,2-5,7-10,12,14H2,1H3. The molecule has 0 radical (unpaired) electrons. The minimum Gasteiger partial charge on any atom is -0.310 e. The van der Waals surface area contributed by atoms with Gasteiger partial charge in [0.05, 0.1) is 0 Å². The van der Waals surface area contributed by atoms with Crippen LogP contribution in [0.2, 0.25) is 0 Å². The highest BCUT2D eigenvalue weighted by molar-refractivity contribution is 7.07. The first-order valence-corrected chi connectivity index (χ1v) is 9.22. The van der Waals surface area contributed by atoms with Crippen molar-refractivity contribution in [2.45, 2.75) is 63.5 Å². The fraction of sp³-hybridized carbons (Fsp3) is 0.765. The molecule has 1 saturated carbocycles. The van der Waals surface area contributed by atoms with Crippen LogP contribution in [0.15, 0.2) is 16.8 Å². The van der Waals surface area contributed by atoms with E-state index in [1.54, 1.807) is 0 Å². The van der Waals surface area contributed by atoms with Gasteiger partial charge >= 0.3 is 0 Å². The van der Waals surface area contributed by atoms with Crippen molar-refractivity contribution >= 4 is 11.3 Å². The first-order valence-electron chi connectivity index (χ1n) is 8.28. The third kappa shape index (κ3) is 3.44. The van der Waals surface area contributed by atoms with E-state index in [1.165, 1.54) is 70.1 Å². The Morgan fingerprint density at radius 3 is 2.90 bits per heavy atom. The minimum atomic E-state index is 0.428. The number of nitrogens with zero attached hydrogens (tertiary/aromatic N) is 1. The van der Waals surface area contributed by atoms with Gasteiger partial charge in [-0.1, -0.05) is 19.3 Å². The Hall–Kier alpha value is -0.380. The van der Waals surface area contributed by atoms with E-state index in [9.17, 15) is 0 Å².